The van der Waals surface area contributed by atoms with Crippen molar-refractivity contribution in [2.75, 3.05) is 106 Å². The highest BCUT2D eigenvalue weighted by molar-refractivity contribution is 5.81. The minimum absolute atomic E-state index is 0. The van der Waals surface area contributed by atoms with Gasteiger partial charge in [0, 0.05) is 83.7 Å². The number of nitrogens with zero attached hydrogens (tertiary/aromatic N) is 1. The van der Waals surface area contributed by atoms with Gasteiger partial charge in [0.2, 0.25) is 5.54 Å². The Hall–Kier alpha value is -2.48. The van der Waals surface area contributed by atoms with Crippen molar-refractivity contribution in [2.24, 2.45) is 11.8 Å². The molecule has 1 atom stereocenters. The van der Waals surface area contributed by atoms with Crippen LogP contribution in [-0.4, -0.2) is 140 Å². The molecule has 0 spiro atoms. The van der Waals surface area contributed by atoms with E-state index < -0.39 is 5.54 Å². The standard InChI is InChI=1S/C26H45NO7.C16H30O6.8CH4/c1-6-9-24(29)20-33-18-16-32-15-8-11-25(30)21-34-19-17-31-14-7-10-23(28)12-13-26(4,27-5)22(2)3;1-4-19-8-10-21-12-15(17)6-5-7-20-9-11-22-13-16(18)14(2)3;;;;;;;;/h22H,6-21H2,1-4H3;14H,4-13H2,1-3H3;8*1H4. The molecule has 0 aliphatic carbocycles. The van der Waals surface area contributed by atoms with Crippen LogP contribution in [0.3, 0.4) is 0 Å². The fraction of sp³-hybridized carbons (Fsp3) is 0.880. The maximum atomic E-state index is 12.0. The zero-order chi connectivity index (χ0) is 42.3. The third-order valence-electron chi connectivity index (χ3n) is 8.54. The lowest BCUT2D eigenvalue weighted by atomic mass is 9.84. The summed E-state index contributed by atoms with van der Waals surface area (Å²) in [4.78, 5) is 61.5. The van der Waals surface area contributed by atoms with Crippen molar-refractivity contribution in [1.29, 1.82) is 0 Å². The second-order valence-electron chi connectivity index (χ2n) is 14.2. The summed E-state index contributed by atoms with van der Waals surface area (Å²) < 4.78 is 42.2. The van der Waals surface area contributed by atoms with Crippen LogP contribution in [-0.2, 0) is 61.9 Å². The predicted molar refractivity (Wildman–Crippen MR) is 268 cm³/mol. The molecule has 0 aliphatic rings. The molecule has 0 amide bonds. The van der Waals surface area contributed by atoms with Gasteiger partial charge in [-0.05, 0) is 32.6 Å². The lowest BCUT2D eigenvalue weighted by Crippen LogP contribution is -2.28. The second kappa shape index (κ2) is 60.5. The van der Waals surface area contributed by atoms with Crippen molar-refractivity contribution in [3.05, 3.63) is 11.4 Å². The summed E-state index contributed by atoms with van der Waals surface area (Å²) in [7, 11) is 0. The van der Waals surface area contributed by atoms with Crippen LogP contribution < -0.4 is 0 Å². The van der Waals surface area contributed by atoms with E-state index in [0.717, 1.165) is 6.42 Å². The molecule has 0 N–H and O–H groups in total. The minimum Gasteiger partial charge on any atom is -0.379 e. The van der Waals surface area contributed by atoms with Crippen LogP contribution in [0, 0.1) is 18.4 Å². The van der Waals surface area contributed by atoms with E-state index in [4.69, 9.17) is 44.5 Å². The van der Waals surface area contributed by atoms with Gasteiger partial charge in [0.05, 0.1) is 52.9 Å². The molecular weight excluding hydrogens is 823 g/mol. The number of ketones is 5. The maximum absolute atomic E-state index is 12.0. The van der Waals surface area contributed by atoms with Gasteiger partial charge in [-0.15, -0.1) is 0 Å². The van der Waals surface area contributed by atoms with Crippen LogP contribution in [0.15, 0.2) is 0 Å². The largest absolute Gasteiger partial charge is 0.379 e. The Balaban J connectivity index is -0.000000108. The highest BCUT2D eigenvalue weighted by atomic mass is 16.5. The summed E-state index contributed by atoms with van der Waals surface area (Å²) >= 11 is 0. The molecule has 0 aliphatic heterocycles. The van der Waals surface area contributed by atoms with Crippen LogP contribution in [0.25, 0.3) is 4.85 Å². The van der Waals surface area contributed by atoms with Gasteiger partial charge in [0.15, 0.2) is 23.1 Å². The second-order valence-corrected chi connectivity index (χ2v) is 14.2. The number of carbonyl (C=O) groups excluding carboxylic acids is 5. The summed E-state index contributed by atoms with van der Waals surface area (Å²) in [5.41, 5.74) is -0.473. The van der Waals surface area contributed by atoms with Crippen LogP contribution >= 0.6 is 0 Å². The lowest BCUT2D eigenvalue weighted by Gasteiger charge is -2.20. The predicted octanol–water partition coefficient (Wildman–Crippen LogP) is 11.0. The first-order valence-electron chi connectivity index (χ1n) is 20.4. The van der Waals surface area contributed by atoms with E-state index in [1.165, 1.54) is 0 Å². The van der Waals surface area contributed by atoms with Crippen LogP contribution in [0.1, 0.15) is 172 Å². The maximum Gasteiger partial charge on any atom is 0.232 e. The van der Waals surface area contributed by atoms with E-state index in [1.54, 1.807) is 0 Å². The highest BCUT2D eigenvalue weighted by Gasteiger charge is 2.34. The Labute approximate surface area is 396 Å². The van der Waals surface area contributed by atoms with Crippen LogP contribution in [0.2, 0.25) is 0 Å². The highest BCUT2D eigenvalue weighted by Crippen LogP contribution is 2.27. The minimum atomic E-state index is -0.473. The van der Waals surface area contributed by atoms with Crippen molar-refractivity contribution in [2.45, 2.75) is 178 Å². The average molecular weight is 930 g/mol. The number of rotatable bonds is 40. The molecular formula is C50H107NO13. The molecule has 0 aromatic rings. The Morgan fingerprint density at radius 2 is 0.781 bits per heavy atom. The Bertz CT molecular complexity index is 1060. The zero-order valence-electron chi connectivity index (χ0n) is 35.8. The molecule has 1 unspecified atom stereocenters. The van der Waals surface area contributed by atoms with E-state index in [9.17, 15) is 24.0 Å². The van der Waals surface area contributed by atoms with E-state index in [-0.39, 0.29) is 127 Å². The summed E-state index contributed by atoms with van der Waals surface area (Å²) in [5, 5.41) is 0. The molecule has 0 bridgehead atoms. The molecule has 0 heterocycles. The molecule has 0 radical (unpaired) electrons. The van der Waals surface area contributed by atoms with E-state index in [0.29, 0.717) is 137 Å². The topological polar surface area (TPSA) is 164 Å². The third-order valence-corrected chi connectivity index (χ3v) is 8.54. The van der Waals surface area contributed by atoms with Crippen LogP contribution in [0.4, 0.5) is 0 Å². The molecule has 0 rings (SSSR count). The van der Waals surface area contributed by atoms with Crippen LogP contribution in [0.5, 0.6) is 0 Å². The lowest BCUT2D eigenvalue weighted by molar-refractivity contribution is -0.127. The Morgan fingerprint density at radius 1 is 0.453 bits per heavy atom. The van der Waals surface area contributed by atoms with Gasteiger partial charge in [-0.3, -0.25) is 24.0 Å². The number of hydrogen-bond donors (Lipinski definition) is 0. The number of Topliss-reactive ketones (excluding diaryl/α,β-unsaturated/α-hetero) is 5. The first-order valence-corrected chi connectivity index (χ1v) is 20.4. The first kappa shape index (κ1) is 84.9. The van der Waals surface area contributed by atoms with Crippen molar-refractivity contribution in [3.63, 3.8) is 0 Å². The average Bonchev–Trinajstić information content (AvgIpc) is 3.16. The molecule has 14 heteroatoms. The first-order chi connectivity index (χ1) is 26.8. The summed E-state index contributed by atoms with van der Waals surface area (Å²) in [5.74, 6) is 0.673. The van der Waals surface area contributed by atoms with Crippen molar-refractivity contribution >= 4 is 28.9 Å². The molecule has 0 aromatic heterocycles. The van der Waals surface area contributed by atoms with Gasteiger partial charge in [0.25, 0.3) is 0 Å². The van der Waals surface area contributed by atoms with Gasteiger partial charge >= 0.3 is 0 Å². The molecule has 0 saturated heterocycles. The molecule has 64 heavy (non-hydrogen) atoms. The fourth-order valence-electron chi connectivity index (χ4n) is 4.42. The number of hydrogen-bond acceptors (Lipinski definition) is 13. The molecule has 0 saturated carbocycles. The van der Waals surface area contributed by atoms with Crippen molar-refractivity contribution < 1.29 is 61.9 Å². The molecule has 0 fully saturated rings. The monoisotopic (exact) mass is 930 g/mol. The van der Waals surface area contributed by atoms with E-state index in [2.05, 4.69) is 4.85 Å². The number of ether oxygens (including phenoxy) is 8. The zero-order valence-corrected chi connectivity index (χ0v) is 35.8. The van der Waals surface area contributed by atoms with Gasteiger partial charge in [-0.25, -0.2) is 6.57 Å². The van der Waals surface area contributed by atoms with E-state index >= 15 is 0 Å². The third kappa shape index (κ3) is 57.5. The Morgan fingerprint density at radius 3 is 1.11 bits per heavy atom. The summed E-state index contributed by atoms with van der Waals surface area (Å²) in [6.45, 7) is 26.7. The van der Waals surface area contributed by atoms with Crippen molar-refractivity contribution in [3.8, 4) is 0 Å². The number of carbonyl (C=O) groups is 5. The van der Waals surface area contributed by atoms with Gasteiger partial charge < -0.3 is 42.7 Å². The molecule has 0 aromatic carbocycles. The van der Waals surface area contributed by atoms with Gasteiger partial charge in [0.1, 0.15) is 32.2 Å². The fourth-order valence-corrected chi connectivity index (χ4v) is 4.42. The SMILES string of the molecule is C.C.C.C.C.C.C.C.CCOCCOCC(=O)CCCOCCOCC(=O)C(C)C.[C-]#[N+]C(C)(CCC(=O)CCCOCCOCC(=O)CCCOCCOCC(=O)CCC)C(C)C. The smallest absolute Gasteiger partial charge is 0.232 e. The van der Waals surface area contributed by atoms with Gasteiger partial charge in [-0.2, -0.15) is 0 Å². The normalized spacial score (nSPS) is 10.7. The molecule has 390 valence electrons. The molecule has 14 nitrogen and oxygen atoms in total. The van der Waals surface area contributed by atoms with Crippen molar-refractivity contribution in [1.82, 2.24) is 0 Å². The van der Waals surface area contributed by atoms with E-state index in [1.807, 2.05) is 48.5 Å². The Kier molecular flexibility index (Phi) is 80.3. The quantitative estimate of drug-likeness (QED) is 0.0422. The summed E-state index contributed by atoms with van der Waals surface area (Å²) in [6.07, 6.45) is 5.62. The summed E-state index contributed by atoms with van der Waals surface area (Å²) in [6, 6.07) is 0. The van der Waals surface area contributed by atoms with Gasteiger partial charge in [-0.1, -0.05) is 94.0 Å².